The highest BCUT2D eigenvalue weighted by atomic mass is 16.5. The quantitative estimate of drug-likeness (QED) is 0.620. The lowest BCUT2D eigenvalue weighted by Gasteiger charge is -2.56. The van der Waals surface area contributed by atoms with Gasteiger partial charge in [-0.3, -0.25) is 9.59 Å². The van der Waals surface area contributed by atoms with Gasteiger partial charge in [0.1, 0.15) is 6.10 Å². The molecular formula is C16H22O4. The second-order valence-corrected chi connectivity index (χ2v) is 7.01. The zero-order valence-corrected chi connectivity index (χ0v) is 12.1. The Hall–Kier alpha value is -1.32. The molecule has 3 atom stereocenters. The van der Waals surface area contributed by atoms with E-state index in [1.54, 1.807) is 5.57 Å². The molecule has 5 aliphatic rings. The molecule has 4 heteroatoms. The van der Waals surface area contributed by atoms with Crippen LogP contribution in [-0.4, -0.2) is 23.1 Å². The zero-order chi connectivity index (χ0) is 14.5. The van der Waals surface area contributed by atoms with Crippen LogP contribution in [0.2, 0.25) is 0 Å². The van der Waals surface area contributed by atoms with Crippen LogP contribution in [0.5, 0.6) is 0 Å². The van der Waals surface area contributed by atoms with Crippen molar-refractivity contribution in [2.75, 3.05) is 0 Å². The second-order valence-electron chi connectivity index (χ2n) is 7.01. The summed E-state index contributed by atoms with van der Waals surface area (Å²) in [5, 5.41) is 8.93. The minimum Gasteiger partial charge on any atom is -0.481 e. The van der Waals surface area contributed by atoms with Gasteiger partial charge in [-0.05, 0) is 43.4 Å². The smallest absolute Gasteiger partial charge is 0.312 e. The molecule has 0 aliphatic heterocycles. The van der Waals surface area contributed by atoms with Crippen molar-refractivity contribution >= 4 is 11.9 Å². The van der Waals surface area contributed by atoms with E-state index in [0.717, 1.165) is 19.3 Å². The van der Waals surface area contributed by atoms with Gasteiger partial charge in [-0.25, -0.2) is 0 Å². The van der Waals surface area contributed by atoms with Crippen LogP contribution < -0.4 is 0 Å². The van der Waals surface area contributed by atoms with E-state index in [-0.39, 0.29) is 23.7 Å². The first-order valence-corrected chi connectivity index (χ1v) is 7.54. The molecule has 3 saturated carbocycles. The number of ether oxygens (including phenoxy) is 1. The highest BCUT2D eigenvalue weighted by molar-refractivity contribution is 5.79. The number of carbonyl (C=O) groups excluding carboxylic acids is 1. The predicted molar refractivity (Wildman–Crippen MR) is 72.9 cm³/mol. The van der Waals surface area contributed by atoms with Crippen molar-refractivity contribution in [3.05, 3.63) is 11.6 Å². The standard InChI is InChI=1S/C16H22O4/c1-9(2)13(6-14(17)18)20-15(19)16-4-3-12-10(7-16)5-11(12)8-16/h3,9-11,13H,4-8H2,1-2H3,(H,17,18). The average Bonchev–Trinajstić information content (AvgIpc) is 2.37. The van der Waals surface area contributed by atoms with E-state index in [9.17, 15) is 9.59 Å². The third-order valence-electron chi connectivity index (χ3n) is 5.33. The van der Waals surface area contributed by atoms with E-state index in [4.69, 9.17) is 9.84 Å². The number of carboxylic acids is 1. The van der Waals surface area contributed by atoms with Gasteiger partial charge >= 0.3 is 11.9 Å². The van der Waals surface area contributed by atoms with E-state index in [2.05, 4.69) is 6.08 Å². The monoisotopic (exact) mass is 278 g/mol. The van der Waals surface area contributed by atoms with Gasteiger partial charge in [-0.1, -0.05) is 25.5 Å². The molecule has 5 aliphatic carbocycles. The molecule has 0 aromatic rings. The molecule has 3 unspecified atom stereocenters. The highest BCUT2D eigenvalue weighted by Gasteiger charge is 2.57. The zero-order valence-electron chi connectivity index (χ0n) is 12.1. The van der Waals surface area contributed by atoms with Crippen LogP contribution in [0.4, 0.5) is 0 Å². The topological polar surface area (TPSA) is 63.6 Å². The lowest BCUT2D eigenvalue weighted by Crippen LogP contribution is -2.52. The van der Waals surface area contributed by atoms with Crippen LogP contribution >= 0.6 is 0 Å². The summed E-state index contributed by atoms with van der Waals surface area (Å²) < 4.78 is 5.60. The number of rotatable bonds is 5. The molecule has 110 valence electrons. The fraction of sp³-hybridized carbons (Fsp3) is 0.750. The molecule has 0 heterocycles. The summed E-state index contributed by atoms with van der Waals surface area (Å²) in [6, 6.07) is 0. The third kappa shape index (κ3) is 2.05. The number of hydrogen-bond donors (Lipinski definition) is 1. The Morgan fingerprint density at radius 1 is 1.40 bits per heavy atom. The Kier molecular flexibility index (Phi) is 3.14. The number of fused-ring (bicyclic) bond motifs is 1. The Labute approximate surface area is 119 Å². The molecule has 4 nitrogen and oxygen atoms in total. The van der Waals surface area contributed by atoms with Crippen LogP contribution in [0.15, 0.2) is 11.6 Å². The van der Waals surface area contributed by atoms with Gasteiger partial charge in [-0.2, -0.15) is 0 Å². The Balaban J connectivity index is 1.70. The van der Waals surface area contributed by atoms with Crippen LogP contribution in [0.25, 0.3) is 0 Å². The summed E-state index contributed by atoms with van der Waals surface area (Å²) in [4.78, 5) is 23.5. The summed E-state index contributed by atoms with van der Waals surface area (Å²) in [5.74, 6) is 0.131. The maximum atomic E-state index is 12.6. The van der Waals surface area contributed by atoms with Crippen molar-refractivity contribution in [3.63, 3.8) is 0 Å². The van der Waals surface area contributed by atoms with Crippen LogP contribution in [0.1, 0.15) is 46.0 Å². The van der Waals surface area contributed by atoms with Crippen LogP contribution in [0.3, 0.4) is 0 Å². The fourth-order valence-corrected chi connectivity index (χ4v) is 4.13. The molecule has 1 N–H and O–H groups in total. The number of hydrogen-bond acceptors (Lipinski definition) is 3. The summed E-state index contributed by atoms with van der Waals surface area (Å²) in [7, 11) is 0. The Bertz CT molecular complexity index is 463. The Morgan fingerprint density at radius 3 is 2.55 bits per heavy atom. The van der Waals surface area contributed by atoms with Gasteiger partial charge < -0.3 is 9.84 Å². The lowest BCUT2D eigenvalue weighted by atomic mass is 9.48. The van der Waals surface area contributed by atoms with E-state index >= 15 is 0 Å². The van der Waals surface area contributed by atoms with Crippen molar-refractivity contribution in [3.8, 4) is 0 Å². The van der Waals surface area contributed by atoms with Crippen molar-refractivity contribution in [2.24, 2.45) is 23.2 Å². The van der Waals surface area contributed by atoms with Crippen molar-refractivity contribution in [2.45, 2.75) is 52.1 Å². The van der Waals surface area contributed by atoms with Gasteiger partial charge in [0.05, 0.1) is 11.8 Å². The second kappa shape index (κ2) is 4.61. The predicted octanol–water partition coefficient (Wildman–Crippen LogP) is 2.78. The molecule has 0 aromatic carbocycles. The van der Waals surface area contributed by atoms with E-state index in [1.807, 2.05) is 13.8 Å². The Morgan fingerprint density at radius 2 is 2.05 bits per heavy atom. The van der Waals surface area contributed by atoms with Crippen LogP contribution in [-0.2, 0) is 14.3 Å². The SMILES string of the molecule is CC(C)C(CC(=O)O)OC(=O)C12CC=C3C(CC3C1)C2. The van der Waals surface area contributed by atoms with Gasteiger partial charge in [-0.15, -0.1) is 0 Å². The minimum atomic E-state index is -0.911. The maximum Gasteiger partial charge on any atom is 0.312 e. The first-order valence-electron chi connectivity index (χ1n) is 7.54. The number of allylic oxidation sites excluding steroid dienone is 2. The van der Waals surface area contributed by atoms with Crippen molar-refractivity contribution in [1.29, 1.82) is 0 Å². The summed E-state index contributed by atoms with van der Waals surface area (Å²) in [6.45, 7) is 3.80. The first-order chi connectivity index (χ1) is 9.41. The molecular weight excluding hydrogens is 256 g/mol. The first kappa shape index (κ1) is 13.7. The molecule has 0 amide bonds. The summed E-state index contributed by atoms with van der Waals surface area (Å²) in [5.41, 5.74) is 1.20. The maximum absolute atomic E-state index is 12.6. The molecule has 0 spiro atoms. The van der Waals surface area contributed by atoms with Gasteiger partial charge in [0.15, 0.2) is 0 Å². The van der Waals surface area contributed by atoms with Crippen LogP contribution in [0, 0.1) is 23.2 Å². The van der Waals surface area contributed by atoms with Gasteiger partial charge in [0.25, 0.3) is 0 Å². The molecule has 0 aromatic heterocycles. The molecule has 20 heavy (non-hydrogen) atoms. The number of esters is 1. The van der Waals surface area contributed by atoms with Crippen molar-refractivity contribution < 1.29 is 19.4 Å². The molecule has 4 bridgehead atoms. The highest BCUT2D eigenvalue weighted by Crippen LogP contribution is 2.62. The molecule has 5 rings (SSSR count). The molecule has 0 radical (unpaired) electrons. The minimum absolute atomic E-state index is 0.0271. The van der Waals surface area contributed by atoms with Gasteiger partial charge in [0.2, 0.25) is 0 Å². The largest absolute Gasteiger partial charge is 0.481 e. The number of carbonyl (C=O) groups is 2. The van der Waals surface area contributed by atoms with E-state index in [0.29, 0.717) is 11.8 Å². The summed E-state index contributed by atoms with van der Waals surface area (Å²) in [6.07, 6.45) is 5.44. The normalized spacial score (nSPS) is 35.2. The van der Waals surface area contributed by atoms with Crippen molar-refractivity contribution in [1.82, 2.24) is 0 Å². The van der Waals surface area contributed by atoms with E-state index < -0.39 is 12.1 Å². The van der Waals surface area contributed by atoms with Gasteiger partial charge in [0, 0.05) is 0 Å². The molecule has 3 fully saturated rings. The molecule has 0 saturated heterocycles. The lowest BCUT2D eigenvalue weighted by molar-refractivity contribution is -0.173. The number of carboxylic acid groups (broad SMARTS) is 1. The fourth-order valence-electron chi connectivity index (χ4n) is 4.13. The van der Waals surface area contributed by atoms with E-state index in [1.165, 1.54) is 6.42 Å². The summed E-state index contributed by atoms with van der Waals surface area (Å²) >= 11 is 0. The average molecular weight is 278 g/mol. The number of aliphatic carboxylic acids is 1. The third-order valence-corrected chi connectivity index (χ3v) is 5.33.